The van der Waals surface area contributed by atoms with Crippen LogP contribution in [0, 0.1) is 0 Å². The molecule has 2 aromatic heterocycles. The summed E-state index contributed by atoms with van der Waals surface area (Å²) in [5, 5.41) is 6.28. The number of ketones is 1. The lowest BCUT2D eigenvalue weighted by Crippen LogP contribution is -2.15. The van der Waals surface area contributed by atoms with E-state index in [1.165, 1.54) is 18.4 Å². The number of aromatic nitrogens is 1. The first-order chi connectivity index (χ1) is 11.7. The fourth-order valence-corrected chi connectivity index (χ4v) is 3.55. The highest BCUT2D eigenvalue weighted by atomic mass is 32.1. The predicted octanol–water partition coefficient (Wildman–Crippen LogP) is 3.92. The van der Waals surface area contributed by atoms with Gasteiger partial charge in [-0.2, -0.15) is 11.3 Å². The van der Waals surface area contributed by atoms with E-state index in [4.69, 9.17) is 9.47 Å². The van der Waals surface area contributed by atoms with Crippen LogP contribution in [0.25, 0.3) is 10.6 Å². The molecule has 0 aliphatic rings. The molecule has 0 saturated carbocycles. The Morgan fingerprint density at radius 3 is 2.75 bits per heavy atom. The van der Waals surface area contributed by atoms with Gasteiger partial charge < -0.3 is 9.47 Å². The van der Waals surface area contributed by atoms with Crippen molar-refractivity contribution in [1.82, 2.24) is 4.98 Å². The predicted molar refractivity (Wildman–Crippen MR) is 93.0 cm³/mol. The zero-order chi connectivity index (χ0) is 16.9. The largest absolute Gasteiger partial charge is 0.496 e. The van der Waals surface area contributed by atoms with Crippen LogP contribution in [0.15, 0.2) is 46.5 Å². The van der Waals surface area contributed by atoms with E-state index in [1.807, 2.05) is 16.8 Å². The molecule has 5 nitrogen and oxygen atoms in total. The minimum Gasteiger partial charge on any atom is -0.496 e. The van der Waals surface area contributed by atoms with E-state index in [1.54, 1.807) is 41.0 Å². The van der Waals surface area contributed by atoms with Gasteiger partial charge in [-0.05, 0) is 23.6 Å². The van der Waals surface area contributed by atoms with Crippen LogP contribution in [-0.4, -0.2) is 30.5 Å². The molecule has 0 aliphatic heterocycles. The summed E-state index contributed by atoms with van der Waals surface area (Å²) in [7, 11) is 1.49. The Morgan fingerprint density at radius 2 is 2.00 bits per heavy atom. The monoisotopic (exact) mass is 359 g/mol. The summed E-state index contributed by atoms with van der Waals surface area (Å²) in [6.07, 6.45) is 0. The maximum Gasteiger partial charge on any atom is 0.358 e. The van der Waals surface area contributed by atoms with Crippen molar-refractivity contribution in [2.24, 2.45) is 0 Å². The molecule has 0 atom stereocenters. The topological polar surface area (TPSA) is 65.5 Å². The number of carbonyl (C=O) groups excluding carboxylic acids is 2. The number of thiophene rings is 1. The van der Waals surface area contributed by atoms with Crippen LogP contribution in [0.3, 0.4) is 0 Å². The number of nitrogens with zero attached hydrogens (tertiary/aromatic N) is 1. The van der Waals surface area contributed by atoms with Gasteiger partial charge in [-0.1, -0.05) is 12.1 Å². The van der Waals surface area contributed by atoms with E-state index in [0.717, 1.165) is 10.6 Å². The molecule has 0 unspecified atom stereocenters. The van der Waals surface area contributed by atoms with E-state index in [-0.39, 0.29) is 18.1 Å². The van der Waals surface area contributed by atoms with Crippen LogP contribution in [0.4, 0.5) is 0 Å². The summed E-state index contributed by atoms with van der Waals surface area (Å²) in [5.74, 6) is -0.489. The Bertz CT molecular complexity index is 855. The van der Waals surface area contributed by atoms with E-state index >= 15 is 0 Å². The molecule has 1 aromatic carbocycles. The molecule has 0 N–H and O–H groups in total. The first-order valence-electron chi connectivity index (χ1n) is 7.00. The minimum atomic E-state index is -0.615. The highest BCUT2D eigenvalue weighted by Gasteiger charge is 2.17. The Balaban J connectivity index is 1.64. The minimum absolute atomic E-state index is 0.203. The number of hydrogen-bond acceptors (Lipinski definition) is 7. The van der Waals surface area contributed by atoms with Gasteiger partial charge >= 0.3 is 5.97 Å². The molecule has 3 rings (SSSR count). The Labute approximate surface area is 146 Å². The smallest absolute Gasteiger partial charge is 0.358 e. The van der Waals surface area contributed by atoms with Gasteiger partial charge in [0.15, 0.2) is 12.3 Å². The van der Waals surface area contributed by atoms with Crippen molar-refractivity contribution in [3.8, 4) is 16.3 Å². The van der Waals surface area contributed by atoms with Crippen molar-refractivity contribution >= 4 is 34.4 Å². The molecule has 0 fully saturated rings. The zero-order valence-corrected chi connectivity index (χ0v) is 14.4. The van der Waals surface area contributed by atoms with Gasteiger partial charge in [0.2, 0.25) is 5.78 Å². The molecular formula is C17H13NO4S2. The van der Waals surface area contributed by atoms with Crippen molar-refractivity contribution in [3.63, 3.8) is 0 Å². The quantitative estimate of drug-likeness (QED) is 0.493. The molecule has 0 bridgehead atoms. The first-order valence-corrected chi connectivity index (χ1v) is 8.82. The third-order valence-electron chi connectivity index (χ3n) is 3.22. The number of thiazole rings is 1. The SMILES string of the molecule is COc1ccccc1C(=O)COC(=O)c1csc(-c2ccsc2)n1. The number of benzene rings is 1. The number of para-hydroxylation sites is 1. The van der Waals surface area contributed by atoms with Crippen LogP contribution < -0.4 is 4.74 Å². The van der Waals surface area contributed by atoms with Gasteiger partial charge in [0, 0.05) is 16.3 Å². The number of rotatable bonds is 6. The van der Waals surface area contributed by atoms with Gasteiger partial charge in [-0.25, -0.2) is 9.78 Å². The molecule has 2 heterocycles. The van der Waals surface area contributed by atoms with E-state index in [2.05, 4.69) is 4.98 Å². The summed E-state index contributed by atoms with van der Waals surface area (Å²) >= 11 is 2.92. The summed E-state index contributed by atoms with van der Waals surface area (Å²) < 4.78 is 10.2. The number of Topliss-reactive ketones (excluding diaryl/α,β-unsaturated/α-hetero) is 1. The maximum atomic E-state index is 12.2. The molecule has 122 valence electrons. The average Bonchev–Trinajstić information content (AvgIpc) is 3.30. The van der Waals surface area contributed by atoms with Crippen molar-refractivity contribution in [2.75, 3.05) is 13.7 Å². The Kier molecular flexibility index (Phi) is 5.02. The first kappa shape index (κ1) is 16.4. The highest BCUT2D eigenvalue weighted by Crippen LogP contribution is 2.26. The molecule has 7 heteroatoms. The molecule has 0 amide bonds. The second-order valence-corrected chi connectivity index (χ2v) is 6.39. The van der Waals surface area contributed by atoms with Crippen LogP contribution in [0.5, 0.6) is 5.75 Å². The molecule has 3 aromatic rings. The van der Waals surface area contributed by atoms with Crippen LogP contribution >= 0.6 is 22.7 Å². The van der Waals surface area contributed by atoms with Crippen LogP contribution in [0.1, 0.15) is 20.8 Å². The third-order valence-corrected chi connectivity index (χ3v) is 4.80. The summed E-state index contributed by atoms with van der Waals surface area (Å²) in [5.41, 5.74) is 1.55. The normalized spacial score (nSPS) is 10.4. The van der Waals surface area contributed by atoms with Crippen molar-refractivity contribution in [1.29, 1.82) is 0 Å². The van der Waals surface area contributed by atoms with Crippen LogP contribution in [0.2, 0.25) is 0 Å². The summed E-state index contributed by atoms with van der Waals surface area (Å²) in [4.78, 5) is 28.5. The molecule has 0 radical (unpaired) electrons. The molecule has 0 saturated heterocycles. The second kappa shape index (κ2) is 7.37. The zero-order valence-electron chi connectivity index (χ0n) is 12.7. The molecular weight excluding hydrogens is 346 g/mol. The van der Waals surface area contributed by atoms with Crippen molar-refractivity contribution in [2.45, 2.75) is 0 Å². The number of ether oxygens (including phenoxy) is 2. The number of esters is 1. The Hall–Kier alpha value is -2.51. The molecule has 24 heavy (non-hydrogen) atoms. The van der Waals surface area contributed by atoms with Gasteiger partial charge in [0.25, 0.3) is 0 Å². The summed E-state index contributed by atoms with van der Waals surface area (Å²) in [6.45, 7) is -0.357. The van der Waals surface area contributed by atoms with Crippen molar-refractivity contribution < 1.29 is 19.1 Å². The van der Waals surface area contributed by atoms with Gasteiger partial charge in [0.1, 0.15) is 10.8 Å². The molecule has 0 aliphatic carbocycles. The fraction of sp³-hybridized carbons (Fsp3) is 0.118. The molecule has 0 spiro atoms. The highest BCUT2D eigenvalue weighted by molar-refractivity contribution is 7.14. The van der Waals surface area contributed by atoms with Gasteiger partial charge in [-0.15, -0.1) is 11.3 Å². The van der Waals surface area contributed by atoms with Gasteiger partial charge in [0.05, 0.1) is 12.7 Å². The lowest BCUT2D eigenvalue weighted by Gasteiger charge is -2.07. The van der Waals surface area contributed by atoms with E-state index in [9.17, 15) is 9.59 Å². The standard InChI is InChI=1S/C17H13NO4S2/c1-21-15-5-3-2-4-12(15)14(19)8-22-17(20)13-10-24-16(18-13)11-6-7-23-9-11/h2-7,9-10H,8H2,1H3. The number of methoxy groups -OCH3 is 1. The van der Waals surface area contributed by atoms with Crippen molar-refractivity contribution in [3.05, 3.63) is 57.7 Å². The van der Waals surface area contributed by atoms with Gasteiger partial charge in [-0.3, -0.25) is 4.79 Å². The number of carbonyl (C=O) groups is 2. The Morgan fingerprint density at radius 1 is 1.17 bits per heavy atom. The van der Waals surface area contributed by atoms with Crippen LogP contribution in [-0.2, 0) is 4.74 Å². The lowest BCUT2D eigenvalue weighted by molar-refractivity contribution is 0.0469. The second-order valence-electron chi connectivity index (χ2n) is 4.75. The van der Waals surface area contributed by atoms with E-state index < -0.39 is 5.97 Å². The maximum absolute atomic E-state index is 12.2. The van der Waals surface area contributed by atoms with E-state index in [0.29, 0.717) is 11.3 Å². The summed E-state index contributed by atoms with van der Waals surface area (Å²) in [6, 6.07) is 8.74. The third kappa shape index (κ3) is 3.52. The fourth-order valence-electron chi connectivity index (χ4n) is 2.04. The lowest BCUT2D eigenvalue weighted by atomic mass is 10.1. The number of hydrogen-bond donors (Lipinski definition) is 0. The average molecular weight is 359 g/mol.